The van der Waals surface area contributed by atoms with E-state index < -0.39 is 11.5 Å². The van der Waals surface area contributed by atoms with Gasteiger partial charge in [-0.25, -0.2) is 4.98 Å². The van der Waals surface area contributed by atoms with Gasteiger partial charge in [-0.1, -0.05) is 12.8 Å². The number of nitrogens with one attached hydrogen (secondary N) is 1. The van der Waals surface area contributed by atoms with Gasteiger partial charge in [-0.15, -0.1) is 0 Å². The van der Waals surface area contributed by atoms with Crippen LogP contribution < -0.4 is 5.32 Å². The lowest BCUT2D eigenvalue weighted by molar-refractivity contribution is -0.138. The second-order valence-corrected chi connectivity index (χ2v) is 5.15. The third kappa shape index (κ3) is 2.84. The number of carboxylic acids is 1. The normalized spacial score (nSPS) is 16.8. The van der Waals surface area contributed by atoms with E-state index in [1.54, 1.807) is 12.3 Å². The van der Waals surface area contributed by atoms with E-state index in [0.29, 0.717) is 11.4 Å². The Labute approximate surface area is 112 Å². The van der Waals surface area contributed by atoms with Gasteiger partial charge in [0.2, 0.25) is 0 Å². The second kappa shape index (κ2) is 5.27. The van der Waals surface area contributed by atoms with Crippen LogP contribution in [0.2, 0.25) is 0 Å². The molecule has 0 bridgehead atoms. The molecule has 5 heteroatoms. The van der Waals surface area contributed by atoms with Crippen LogP contribution in [0.25, 0.3) is 0 Å². The van der Waals surface area contributed by atoms with Crippen LogP contribution in [0.4, 0.5) is 5.82 Å². The molecule has 0 saturated heterocycles. The summed E-state index contributed by atoms with van der Waals surface area (Å²) in [6.45, 7) is 1.85. The Morgan fingerprint density at radius 3 is 2.84 bits per heavy atom. The number of carboxylic acid groups (broad SMARTS) is 1. The molecule has 19 heavy (non-hydrogen) atoms. The van der Waals surface area contributed by atoms with Crippen molar-refractivity contribution in [2.45, 2.75) is 44.6 Å². The summed E-state index contributed by atoms with van der Waals surface area (Å²) in [6, 6.07) is 3.92. The third-order valence-corrected chi connectivity index (χ3v) is 3.70. The predicted molar refractivity (Wildman–Crippen MR) is 70.8 cm³/mol. The molecule has 0 aromatic carbocycles. The van der Waals surface area contributed by atoms with Gasteiger partial charge in [-0.05, 0) is 31.4 Å². The van der Waals surface area contributed by atoms with Crippen molar-refractivity contribution in [2.24, 2.45) is 0 Å². The van der Waals surface area contributed by atoms with Gasteiger partial charge in [-0.3, -0.25) is 4.79 Å². The van der Waals surface area contributed by atoms with Crippen LogP contribution in [0.5, 0.6) is 0 Å². The Balaban J connectivity index is 2.30. The number of aromatic nitrogens is 1. The molecular formula is C14H17N3O2. The Hall–Kier alpha value is -2.09. The van der Waals surface area contributed by atoms with Gasteiger partial charge in [0, 0.05) is 11.7 Å². The highest BCUT2D eigenvalue weighted by Crippen LogP contribution is 2.36. The zero-order chi connectivity index (χ0) is 13.9. The lowest BCUT2D eigenvalue weighted by Gasteiger charge is -2.29. The van der Waals surface area contributed by atoms with Crippen molar-refractivity contribution in [2.75, 3.05) is 5.32 Å². The Bertz CT molecular complexity index is 528. The number of pyridine rings is 1. The first-order valence-corrected chi connectivity index (χ1v) is 6.42. The van der Waals surface area contributed by atoms with E-state index in [0.717, 1.165) is 31.2 Å². The fraction of sp³-hybridized carbons (Fsp3) is 0.500. The molecule has 0 aliphatic heterocycles. The topological polar surface area (TPSA) is 86.0 Å². The minimum Gasteiger partial charge on any atom is -0.481 e. The summed E-state index contributed by atoms with van der Waals surface area (Å²) >= 11 is 0. The maximum atomic E-state index is 11.0. The summed E-state index contributed by atoms with van der Waals surface area (Å²) in [6.07, 6.45) is 5.33. The van der Waals surface area contributed by atoms with Crippen LogP contribution >= 0.6 is 0 Å². The summed E-state index contributed by atoms with van der Waals surface area (Å²) < 4.78 is 0. The number of rotatable bonds is 4. The van der Waals surface area contributed by atoms with Crippen LogP contribution in [0, 0.1) is 18.3 Å². The fourth-order valence-electron chi connectivity index (χ4n) is 2.73. The lowest BCUT2D eigenvalue weighted by atomic mass is 9.92. The van der Waals surface area contributed by atoms with Crippen LogP contribution in [-0.2, 0) is 4.79 Å². The monoisotopic (exact) mass is 259 g/mol. The largest absolute Gasteiger partial charge is 0.481 e. The molecule has 1 fully saturated rings. The SMILES string of the molecule is Cc1ccnc(NC2(CC(=O)O)CCCC2)c1C#N. The highest BCUT2D eigenvalue weighted by atomic mass is 16.4. The molecule has 100 valence electrons. The van der Waals surface area contributed by atoms with Gasteiger partial charge in [0.1, 0.15) is 11.9 Å². The van der Waals surface area contributed by atoms with E-state index in [1.165, 1.54) is 0 Å². The van der Waals surface area contributed by atoms with Crippen molar-refractivity contribution in [3.63, 3.8) is 0 Å². The number of aryl methyl sites for hydroxylation is 1. The summed E-state index contributed by atoms with van der Waals surface area (Å²) in [5.41, 5.74) is 0.890. The number of nitrogens with zero attached hydrogens (tertiary/aromatic N) is 2. The van der Waals surface area contributed by atoms with Gasteiger partial charge in [0.15, 0.2) is 0 Å². The summed E-state index contributed by atoms with van der Waals surface area (Å²) in [5, 5.41) is 21.5. The number of carbonyl (C=O) groups is 1. The maximum absolute atomic E-state index is 11.0. The first kappa shape index (κ1) is 13.3. The Kier molecular flexibility index (Phi) is 3.70. The molecule has 0 atom stereocenters. The number of hydrogen-bond acceptors (Lipinski definition) is 4. The molecule has 1 aromatic heterocycles. The maximum Gasteiger partial charge on any atom is 0.305 e. The molecular weight excluding hydrogens is 242 g/mol. The molecule has 0 radical (unpaired) electrons. The van der Waals surface area contributed by atoms with Crippen LogP contribution in [0.1, 0.15) is 43.2 Å². The smallest absolute Gasteiger partial charge is 0.305 e. The Morgan fingerprint density at radius 2 is 2.26 bits per heavy atom. The minimum absolute atomic E-state index is 0.0630. The molecule has 0 spiro atoms. The molecule has 1 aromatic rings. The van der Waals surface area contributed by atoms with Crippen molar-refractivity contribution < 1.29 is 9.90 Å². The van der Waals surface area contributed by atoms with Crippen LogP contribution in [0.3, 0.4) is 0 Å². The molecule has 2 rings (SSSR count). The fourth-order valence-corrected chi connectivity index (χ4v) is 2.73. The third-order valence-electron chi connectivity index (χ3n) is 3.70. The zero-order valence-corrected chi connectivity index (χ0v) is 10.9. The molecule has 2 N–H and O–H groups in total. The van der Waals surface area contributed by atoms with Crippen LogP contribution in [0.15, 0.2) is 12.3 Å². The highest BCUT2D eigenvalue weighted by molar-refractivity contribution is 5.70. The summed E-state index contributed by atoms with van der Waals surface area (Å²) in [5.74, 6) is -0.314. The van der Waals surface area contributed by atoms with Crippen molar-refractivity contribution in [3.05, 3.63) is 23.4 Å². The summed E-state index contributed by atoms with van der Waals surface area (Å²) in [4.78, 5) is 15.2. The van der Waals surface area contributed by atoms with E-state index in [9.17, 15) is 10.1 Å². The van der Waals surface area contributed by atoms with E-state index in [2.05, 4.69) is 16.4 Å². The number of aliphatic carboxylic acids is 1. The molecule has 0 amide bonds. The quantitative estimate of drug-likeness (QED) is 0.867. The first-order chi connectivity index (χ1) is 9.06. The van der Waals surface area contributed by atoms with Crippen molar-refractivity contribution in [1.29, 1.82) is 5.26 Å². The van der Waals surface area contributed by atoms with E-state index in [-0.39, 0.29) is 6.42 Å². The average Bonchev–Trinajstić information content (AvgIpc) is 2.76. The molecule has 5 nitrogen and oxygen atoms in total. The van der Waals surface area contributed by atoms with Crippen LogP contribution in [-0.4, -0.2) is 21.6 Å². The molecule has 1 aliphatic rings. The van der Waals surface area contributed by atoms with Crippen molar-refractivity contribution in [1.82, 2.24) is 4.98 Å². The molecule has 1 heterocycles. The minimum atomic E-state index is -0.819. The van der Waals surface area contributed by atoms with E-state index >= 15 is 0 Å². The van der Waals surface area contributed by atoms with E-state index in [4.69, 9.17) is 5.11 Å². The average molecular weight is 259 g/mol. The van der Waals surface area contributed by atoms with E-state index in [1.807, 2.05) is 6.92 Å². The second-order valence-electron chi connectivity index (χ2n) is 5.15. The number of anilines is 1. The lowest BCUT2D eigenvalue weighted by Crippen LogP contribution is -2.38. The standard InChI is InChI=1S/C14H17N3O2/c1-10-4-7-16-13(11(10)9-15)17-14(8-12(18)19)5-2-3-6-14/h4,7H,2-3,5-6,8H2,1H3,(H,16,17)(H,18,19). The molecule has 1 aliphatic carbocycles. The molecule has 0 unspecified atom stereocenters. The number of nitriles is 1. The zero-order valence-electron chi connectivity index (χ0n) is 10.9. The molecule has 1 saturated carbocycles. The summed E-state index contributed by atoms with van der Waals surface area (Å²) in [7, 11) is 0. The predicted octanol–water partition coefficient (Wildman–Crippen LogP) is 2.46. The van der Waals surface area contributed by atoms with Gasteiger partial charge in [-0.2, -0.15) is 5.26 Å². The van der Waals surface area contributed by atoms with Gasteiger partial charge in [0.25, 0.3) is 0 Å². The van der Waals surface area contributed by atoms with Gasteiger partial charge >= 0.3 is 5.97 Å². The Morgan fingerprint density at radius 1 is 1.58 bits per heavy atom. The van der Waals surface area contributed by atoms with Crippen molar-refractivity contribution >= 4 is 11.8 Å². The van der Waals surface area contributed by atoms with Gasteiger partial charge in [0.05, 0.1) is 12.0 Å². The first-order valence-electron chi connectivity index (χ1n) is 6.42. The van der Waals surface area contributed by atoms with Gasteiger partial charge < -0.3 is 10.4 Å². The van der Waals surface area contributed by atoms with Crippen molar-refractivity contribution in [3.8, 4) is 6.07 Å². The highest BCUT2D eigenvalue weighted by Gasteiger charge is 2.36. The number of hydrogen-bond donors (Lipinski definition) is 2.